The Balaban J connectivity index is 1.95. The molecule has 2 heterocycles. The molecule has 0 radical (unpaired) electrons. The van der Waals surface area contributed by atoms with Crippen molar-refractivity contribution in [1.82, 2.24) is 4.98 Å². The number of aromatic nitrogens is 1. The molecule has 0 saturated carbocycles. The zero-order valence-electron chi connectivity index (χ0n) is 14.8. The van der Waals surface area contributed by atoms with Gasteiger partial charge in [0.15, 0.2) is 0 Å². The molecule has 0 bridgehead atoms. The largest absolute Gasteiger partial charge is 0.495 e. The molecule has 4 heteroatoms. The van der Waals surface area contributed by atoms with Gasteiger partial charge in [-0.1, -0.05) is 13.8 Å². The fraction of sp³-hybridized carbons (Fsp3) is 0.722. The molecule has 1 saturated heterocycles. The van der Waals surface area contributed by atoms with E-state index < -0.39 is 0 Å². The third kappa shape index (κ3) is 2.32. The predicted molar refractivity (Wildman–Crippen MR) is 90.4 cm³/mol. The quantitative estimate of drug-likeness (QED) is 0.803. The third-order valence-corrected chi connectivity index (χ3v) is 6.28. The molecule has 1 aliphatic carbocycles. The molecule has 1 aromatic heterocycles. The highest BCUT2D eigenvalue weighted by atomic mass is 16.7. The van der Waals surface area contributed by atoms with Gasteiger partial charge in [0, 0.05) is 11.9 Å². The first kappa shape index (κ1) is 16.0. The van der Waals surface area contributed by atoms with Gasteiger partial charge in [0.2, 0.25) is 0 Å². The average molecular weight is 301 g/mol. The number of nitrogens with zero attached hydrogens (tertiary/aromatic N) is 1. The molecule has 0 amide bonds. The van der Waals surface area contributed by atoms with Gasteiger partial charge in [-0.15, -0.1) is 0 Å². The molecule has 0 atom stereocenters. The lowest BCUT2D eigenvalue weighted by atomic mass is 9.74. The minimum absolute atomic E-state index is 0.272. The van der Waals surface area contributed by atoms with Gasteiger partial charge < -0.3 is 9.31 Å². The first-order chi connectivity index (χ1) is 10.2. The molecular weight excluding hydrogens is 273 g/mol. The van der Waals surface area contributed by atoms with Crippen molar-refractivity contribution in [3.05, 3.63) is 23.5 Å². The van der Waals surface area contributed by atoms with Crippen LogP contribution in [0.5, 0.6) is 0 Å². The molecule has 3 rings (SSSR count). The second kappa shape index (κ2) is 5.07. The van der Waals surface area contributed by atoms with Gasteiger partial charge in [-0.2, -0.15) is 0 Å². The van der Waals surface area contributed by atoms with Crippen LogP contribution in [-0.2, 0) is 22.2 Å². The van der Waals surface area contributed by atoms with Crippen LogP contribution in [0.3, 0.4) is 0 Å². The van der Waals surface area contributed by atoms with E-state index in [9.17, 15) is 0 Å². The molecule has 3 nitrogen and oxygen atoms in total. The fourth-order valence-corrected chi connectivity index (χ4v) is 3.64. The summed E-state index contributed by atoms with van der Waals surface area (Å²) in [7, 11) is -0.272. The van der Waals surface area contributed by atoms with Crippen molar-refractivity contribution in [3.8, 4) is 0 Å². The average Bonchev–Trinajstić information content (AvgIpc) is 2.94. The molecule has 0 unspecified atom stereocenters. The highest BCUT2D eigenvalue weighted by Crippen LogP contribution is 2.42. The van der Waals surface area contributed by atoms with E-state index >= 15 is 0 Å². The monoisotopic (exact) mass is 301 g/mol. The summed E-state index contributed by atoms with van der Waals surface area (Å²) >= 11 is 0. The van der Waals surface area contributed by atoms with E-state index in [1.54, 1.807) is 0 Å². The second-order valence-corrected chi connectivity index (χ2v) is 7.97. The van der Waals surface area contributed by atoms with Crippen LogP contribution in [0.1, 0.15) is 65.6 Å². The Kier molecular flexibility index (Phi) is 3.69. The van der Waals surface area contributed by atoms with Crippen LogP contribution in [0.4, 0.5) is 0 Å². The summed E-state index contributed by atoms with van der Waals surface area (Å²) in [6.07, 6.45) is 6.50. The normalized spacial score (nSPS) is 24.5. The molecule has 0 aromatic carbocycles. The minimum Gasteiger partial charge on any atom is -0.399 e. The van der Waals surface area contributed by atoms with E-state index in [4.69, 9.17) is 9.31 Å². The van der Waals surface area contributed by atoms with Gasteiger partial charge in [0.1, 0.15) is 0 Å². The van der Waals surface area contributed by atoms with Crippen molar-refractivity contribution < 1.29 is 9.31 Å². The summed E-state index contributed by atoms with van der Waals surface area (Å²) < 4.78 is 12.5. The van der Waals surface area contributed by atoms with Gasteiger partial charge in [-0.3, -0.25) is 4.98 Å². The highest BCUT2D eigenvalue weighted by molar-refractivity contribution is 6.62. The number of fused-ring (bicyclic) bond motifs is 1. The summed E-state index contributed by atoms with van der Waals surface area (Å²) in [6.45, 7) is 13.0. The maximum Gasteiger partial charge on any atom is 0.495 e. The summed E-state index contributed by atoms with van der Waals surface area (Å²) in [5.74, 6) is 0. The predicted octanol–water partition coefficient (Wildman–Crippen LogP) is 3.29. The number of rotatable bonds is 3. The van der Waals surface area contributed by atoms with Crippen LogP contribution in [0.2, 0.25) is 0 Å². The first-order valence-electron chi connectivity index (χ1n) is 8.56. The summed E-state index contributed by atoms with van der Waals surface area (Å²) in [4.78, 5) is 4.64. The van der Waals surface area contributed by atoms with E-state index in [0.29, 0.717) is 5.41 Å². The first-order valence-corrected chi connectivity index (χ1v) is 8.56. The van der Waals surface area contributed by atoms with Crippen molar-refractivity contribution in [2.75, 3.05) is 0 Å². The number of hydrogen-bond donors (Lipinski definition) is 0. The summed E-state index contributed by atoms with van der Waals surface area (Å²) in [5.41, 5.74) is 3.58. The van der Waals surface area contributed by atoms with Gasteiger partial charge in [0.25, 0.3) is 0 Å². The Morgan fingerprint density at radius 3 is 2.18 bits per heavy atom. The van der Waals surface area contributed by atoms with Crippen molar-refractivity contribution >= 4 is 12.6 Å². The highest BCUT2D eigenvalue weighted by Gasteiger charge is 2.53. The Morgan fingerprint density at radius 2 is 1.64 bits per heavy atom. The summed E-state index contributed by atoms with van der Waals surface area (Å²) in [5, 5.41) is 0. The van der Waals surface area contributed by atoms with Crippen molar-refractivity contribution in [3.63, 3.8) is 0 Å². The standard InChI is InChI=1S/C18H28BNO2/c1-7-18(8-2)11-13-14(9-10-20-15(13)12-18)19-21-16(3,4)17(5,6)22-19/h9-10H,7-8,11-12H2,1-6H3. The molecule has 0 spiro atoms. The van der Waals surface area contributed by atoms with E-state index in [0.717, 1.165) is 12.8 Å². The molecule has 1 fully saturated rings. The smallest absolute Gasteiger partial charge is 0.399 e. The zero-order valence-corrected chi connectivity index (χ0v) is 14.8. The number of pyridine rings is 1. The Hall–Kier alpha value is -0.865. The van der Waals surface area contributed by atoms with Gasteiger partial charge in [-0.05, 0) is 75.9 Å². The van der Waals surface area contributed by atoms with Crippen LogP contribution in [0.25, 0.3) is 0 Å². The third-order valence-electron chi connectivity index (χ3n) is 6.28. The number of hydrogen-bond acceptors (Lipinski definition) is 3. The lowest BCUT2D eigenvalue weighted by Crippen LogP contribution is -2.41. The van der Waals surface area contributed by atoms with Crippen molar-refractivity contribution in [2.45, 2.75) is 78.4 Å². The van der Waals surface area contributed by atoms with Crippen molar-refractivity contribution in [1.29, 1.82) is 0 Å². The molecule has 22 heavy (non-hydrogen) atoms. The maximum absolute atomic E-state index is 6.26. The summed E-state index contributed by atoms with van der Waals surface area (Å²) in [6, 6.07) is 2.09. The molecule has 120 valence electrons. The van der Waals surface area contributed by atoms with Gasteiger partial charge in [0.05, 0.1) is 11.2 Å². The molecule has 1 aliphatic heterocycles. The zero-order chi connectivity index (χ0) is 16.2. The molecule has 2 aliphatic rings. The van der Waals surface area contributed by atoms with Crippen LogP contribution in [0, 0.1) is 5.41 Å². The van der Waals surface area contributed by atoms with Crippen LogP contribution in [-0.4, -0.2) is 23.3 Å². The van der Waals surface area contributed by atoms with Crippen LogP contribution in [0.15, 0.2) is 12.3 Å². The van der Waals surface area contributed by atoms with Crippen LogP contribution >= 0.6 is 0 Å². The second-order valence-electron chi connectivity index (χ2n) is 7.97. The van der Waals surface area contributed by atoms with E-state index in [1.807, 2.05) is 6.20 Å². The maximum atomic E-state index is 6.26. The van der Waals surface area contributed by atoms with Gasteiger partial charge >= 0.3 is 7.12 Å². The Bertz CT molecular complexity index is 562. The lowest BCUT2D eigenvalue weighted by Gasteiger charge is -2.32. The van der Waals surface area contributed by atoms with E-state index in [-0.39, 0.29) is 18.3 Å². The molecule has 1 aromatic rings. The van der Waals surface area contributed by atoms with E-state index in [1.165, 1.54) is 29.6 Å². The van der Waals surface area contributed by atoms with Crippen molar-refractivity contribution in [2.24, 2.45) is 5.41 Å². The lowest BCUT2D eigenvalue weighted by molar-refractivity contribution is 0.00578. The topological polar surface area (TPSA) is 31.4 Å². The Labute approximate surface area is 135 Å². The minimum atomic E-state index is -0.293. The molecular formula is C18H28BNO2. The van der Waals surface area contributed by atoms with Gasteiger partial charge in [-0.25, -0.2) is 0 Å². The Morgan fingerprint density at radius 1 is 1.05 bits per heavy atom. The van der Waals surface area contributed by atoms with E-state index in [2.05, 4.69) is 52.6 Å². The van der Waals surface area contributed by atoms with Crippen LogP contribution < -0.4 is 5.46 Å². The molecule has 0 N–H and O–H groups in total. The fourth-order valence-electron chi connectivity index (χ4n) is 3.64. The SMILES string of the molecule is CCC1(CC)Cc2nccc(B3OC(C)(C)C(C)(C)O3)c2C1.